The van der Waals surface area contributed by atoms with Gasteiger partial charge in [0.05, 0.1) is 49.0 Å². The van der Waals surface area contributed by atoms with Crippen molar-refractivity contribution in [3.63, 3.8) is 0 Å². The first-order valence-corrected chi connectivity index (χ1v) is 16.1. The van der Waals surface area contributed by atoms with Crippen LogP contribution in [0, 0.1) is 0 Å². The summed E-state index contributed by atoms with van der Waals surface area (Å²) in [4.78, 5) is 71.0. The molecule has 21 heteroatoms. The third-order valence-corrected chi connectivity index (χ3v) is 8.24. The summed E-state index contributed by atoms with van der Waals surface area (Å²) in [5.41, 5.74) is 7.01. The minimum absolute atomic E-state index is 0.00487. The van der Waals surface area contributed by atoms with Gasteiger partial charge in [0.15, 0.2) is 17.8 Å². The molecule has 49 heavy (non-hydrogen) atoms. The third kappa shape index (κ3) is 7.70. The number of pyridine rings is 2. The molecule has 4 aromatic heterocycles. The molecule has 1 fully saturated rings. The number of carbonyl (C=O) groups is 2. The van der Waals surface area contributed by atoms with Crippen LogP contribution in [0.25, 0.3) is 33.0 Å². The summed E-state index contributed by atoms with van der Waals surface area (Å²) in [5.74, 6) is -1.29. The largest absolute Gasteiger partial charge is 0.472 e. The molecule has 20 nitrogen and oxygen atoms in total. The molecule has 1 aliphatic heterocycles. The lowest BCUT2D eigenvalue weighted by Gasteiger charge is -2.19. The van der Waals surface area contributed by atoms with E-state index in [1.807, 2.05) is 6.07 Å². The summed E-state index contributed by atoms with van der Waals surface area (Å²) in [5, 5.41) is 19.9. The molecular formula is C28H29N10O10P. The van der Waals surface area contributed by atoms with E-state index in [2.05, 4.69) is 40.7 Å². The molecule has 0 aliphatic carbocycles. The molecule has 1 saturated heterocycles. The molecule has 256 valence electrons. The number of carbonyl (C=O) groups excluding carboxylic acids is 2. The number of hydrogen-bond acceptors (Lipinski definition) is 15. The number of fused-ring (bicyclic) bond motifs is 4. The fourth-order valence-electron chi connectivity index (χ4n) is 5.11. The highest BCUT2D eigenvalue weighted by atomic mass is 31.2. The quantitative estimate of drug-likeness (QED) is 0.0419. The lowest BCUT2D eigenvalue weighted by Crippen LogP contribution is -2.34. The number of hydrogen-bond donors (Lipinski definition) is 6. The van der Waals surface area contributed by atoms with Crippen LogP contribution >= 0.6 is 7.82 Å². The summed E-state index contributed by atoms with van der Waals surface area (Å²) >= 11 is 0. The van der Waals surface area contributed by atoms with Crippen molar-refractivity contribution < 1.29 is 42.8 Å². The van der Waals surface area contributed by atoms with Crippen LogP contribution < -0.4 is 21.9 Å². The van der Waals surface area contributed by atoms with E-state index >= 15 is 0 Å². The highest BCUT2D eigenvalue weighted by Crippen LogP contribution is 2.48. The number of anilines is 2. The first kappa shape index (κ1) is 33.5. The number of nitrogen functional groups attached to an aromatic ring is 1. The molecule has 5 aromatic rings. The molecule has 4 atom stereocenters. The number of aliphatic hydroxyl groups excluding tert-OH is 1. The van der Waals surface area contributed by atoms with E-state index in [9.17, 15) is 28.9 Å². The zero-order chi connectivity index (χ0) is 34.5. The Bertz CT molecular complexity index is 2160. The van der Waals surface area contributed by atoms with Gasteiger partial charge in [0.25, 0.3) is 11.5 Å². The smallest absolute Gasteiger partial charge is 0.394 e. The molecular weight excluding hydrogens is 667 g/mol. The Morgan fingerprint density at radius 2 is 1.98 bits per heavy atom. The van der Waals surface area contributed by atoms with E-state index in [0.717, 1.165) is 11.6 Å². The number of H-pyrrole nitrogens is 1. The van der Waals surface area contributed by atoms with Crippen LogP contribution in [-0.4, -0.2) is 96.1 Å². The second-order valence-electron chi connectivity index (χ2n) is 10.5. The van der Waals surface area contributed by atoms with Gasteiger partial charge in [-0.1, -0.05) is 11.2 Å². The summed E-state index contributed by atoms with van der Waals surface area (Å²) in [6.07, 6.45) is 2.55. The van der Waals surface area contributed by atoms with Gasteiger partial charge in [-0.2, -0.15) is 4.98 Å². The van der Waals surface area contributed by atoms with Gasteiger partial charge in [-0.3, -0.25) is 43.0 Å². The summed E-state index contributed by atoms with van der Waals surface area (Å²) < 4.78 is 29.8. The van der Waals surface area contributed by atoms with Crippen molar-refractivity contribution in [3.05, 3.63) is 59.4 Å². The number of aromatic amines is 1. The maximum Gasteiger partial charge on any atom is 0.472 e. The number of nitrogens with zero attached hydrogens (tertiary/aromatic N) is 6. The van der Waals surface area contributed by atoms with Gasteiger partial charge in [0.2, 0.25) is 11.9 Å². The van der Waals surface area contributed by atoms with Crippen LogP contribution in [0.2, 0.25) is 0 Å². The Morgan fingerprint density at radius 3 is 2.80 bits per heavy atom. The predicted molar refractivity (Wildman–Crippen MR) is 172 cm³/mol. The van der Waals surface area contributed by atoms with Crippen LogP contribution in [0.15, 0.2) is 59.0 Å². The Hall–Kier alpha value is -5.37. The average molecular weight is 697 g/mol. The molecule has 5 heterocycles. The van der Waals surface area contributed by atoms with E-state index in [1.165, 1.54) is 10.9 Å². The Kier molecular flexibility index (Phi) is 9.85. The zero-order valence-electron chi connectivity index (χ0n) is 25.3. The molecule has 7 N–H and O–H groups in total. The Labute approximate surface area is 274 Å². The van der Waals surface area contributed by atoms with E-state index in [1.54, 1.807) is 36.7 Å². The molecule has 0 saturated carbocycles. The molecule has 0 radical (unpaired) electrons. The van der Waals surface area contributed by atoms with Crippen molar-refractivity contribution in [1.29, 1.82) is 0 Å². The zero-order valence-corrected chi connectivity index (χ0v) is 26.2. The number of benzene rings is 1. The number of oxime groups is 1. The molecule has 0 spiro atoms. The molecule has 1 aromatic carbocycles. The second kappa shape index (κ2) is 14.4. The highest BCUT2D eigenvalue weighted by molar-refractivity contribution is 7.47. The monoisotopic (exact) mass is 696 g/mol. The first-order chi connectivity index (χ1) is 23.6. The normalized spacial score (nSPS) is 19.0. The van der Waals surface area contributed by atoms with E-state index in [-0.39, 0.29) is 30.1 Å². The number of nitrogens with one attached hydrogen (secondary N) is 3. The van der Waals surface area contributed by atoms with Gasteiger partial charge in [-0.15, -0.1) is 0 Å². The predicted octanol–water partition coefficient (Wildman–Crippen LogP) is 0.338. The minimum Gasteiger partial charge on any atom is -0.394 e. The van der Waals surface area contributed by atoms with Crippen LogP contribution in [0.1, 0.15) is 12.6 Å². The minimum atomic E-state index is -4.69. The van der Waals surface area contributed by atoms with Gasteiger partial charge < -0.3 is 35.9 Å². The number of phosphoric ester groups is 1. The maximum atomic E-state index is 12.6. The maximum absolute atomic E-state index is 12.6. The number of amides is 2. The number of imidazole rings is 1. The van der Waals surface area contributed by atoms with Crippen LogP contribution in [0.5, 0.6) is 0 Å². The van der Waals surface area contributed by atoms with Crippen molar-refractivity contribution in [2.45, 2.75) is 24.9 Å². The second-order valence-corrected chi connectivity index (χ2v) is 11.9. The summed E-state index contributed by atoms with van der Waals surface area (Å²) in [7, 11) is -4.69. The molecule has 1 aliphatic rings. The molecule has 1 unspecified atom stereocenters. The number of nitrogens with two attached hydrogens (primary N) is 1. The number of aliphatic hydroxyl groups is 1. The number of ether oxygens (including phenoxy) is 1. The number of phosphoric acid groups is 1. The van der Waals surface area contributed by atoms with Crippen LogP contribution in [0.4, 0.5) is 11.6 Å². The molecule has 0 bridgehead atoms. The standard InChI is InChI=1S/C28H29N10O10P/c29-28-36-26-25(27(42)37-28)33-14-38(26)22-10-18(19(12-39)47-22)48-49(43,44)46-8-7-34-45-13-21(41)32-11-20(40)35-17-9-15-3-1-5-30-23(15)24-16(17)4-2-6-31-24/h1-7,9,14,18-19,22,39H,8,10-13H2,(H,32,41)(H,35,40)(H,43,44)(H3,29,36,37,42)/b34-7+/t18-,19+,22+/m0/s1. The van der Waals surface area contributed by atoms with E-state index in [4.69, 9.17) is 24.4 Å². The summed E-state index contributed by atoms with van der Waals surface area (Å²) in [6, 6.07) is 8.93. The third-order valence-electron chi connectivity index (χ3n) is 7.23. The number of rotatable bonds is 13. The Morgan fingerprint density at radius 1 is 1.18 bits per heavy atom. The van der Waals surface area contributed by atoms with Gasteiger partial charge in [-0.25, -0.2) is 9.55 Å². The highest BCUT2D eigenvalue weighted by Gasteiger charge is 2.41. The van der Waals surface area contributed by atoms with Crippen molar-refractivity contribution in [2.24, 2.45) is 5.16 Å². The van der Waals surface area contributed by atoms with Gasteiger partial charge in [0, 0.05) is 29.6 Å². The van der Waals surface area contributed by atoms with E-state index < -0.39 is 63.5 Å². The number of aromatic nitrogens is 6. The van der Waals surface area contributed by atoms with Gasteiger partial charge >= 0.3 is 7.82 Å². The SMILES string of the molecule is Nc1nc2c(ncn2[C@H]2C[C@H](OP(=O)(O)OC/C=N/OCC(=O)NCC(=O)Nc3cc4cccnc4c4ncccc34)[C@@H](CO)O2)c(=O)[nH]1. The van der Waals surface area contributed by atoms with Crippen molar-refractivity contribution in [3.8, 4) is 0 Å². The van der Waals surface area contributed by atoms with Crippen molar-refractivity contribution in [2.75, 3.05) is 37.4 Å². The van der Waals surface area contributed by atoms with E-state index in [0.29, 0.717) is 22.1 Å². The molecule has 6 rings (SSSR count). The van der Waals surface area contributed by atoms with Gasteiger partial charge in [0.1, 0.15) is 18.4 Å². The van der Waals surface area contributed by atoms with Crippen LogP contribution in [0.3, 0.4) is 0 Å². The van der Waals surface area contributed by atoms with Crippen molar-refractivity contribution >= 4 is 70.5 Å². The lowest BCUT2D eigenvalue weighted by atomic mass is 10.1. The summed E-state index contributed by atoms with van der Waals surface area (Å²) in [6.45, 7) is -2.01. The topological polar surface area (TPSA) is 280 Å². The first-order valence-electron chi connectivity index (χ1n) is 14.6. The fourth-order valence-corrected chi connectivity index (χ4v) is 5.99. The van der Waals surface area contributed by atoms with Crippen molar-refractivity contribution in [1.82, 2.24) is 34.8 Å². The molecule has 2 amide bonds. The fraction of sp³-hybridized carbons (Fsp3) is 0.286. The lowest BCUT2D eigenvalue weighted by molar-refractivity contribution is -0.127. The Balaban J connectivity index is 0.933. The van der Waals surface area contributed by atoms with Gasteiger partial charge in [-0.05, 0) is 24.3 Å². The average Bonchev–Trinajstić information content (AvgIpc) is 3.69. The van der Waals surface area contributed by atoms with Crippen LogP contribution in [-0.2, 0) is 32.8 Å².